The van der Waals surface area contributed by atoms with Crippen LogP contribution in [0.25, 0.3) is 11.4 Å². The summed E-state index contributed by atoms with van der Waals surface area (Å²) in [6.45, 7) is 6.00. The number of hydrogen-bond donors (Lipinski definition) is 2. The van der Waals surface area contributed by atoms with Crippen LogP contribution >= 0.6 is 11.8 Å². The van der Waals surface area contributed by atoms with E-state index in [1.807, 2.05) is 24.3 Å². The van der Waals surface area contributed by atoms with E-state index in [9.17, 15) is 9.18 Å². The van der Waals surface area contributed by atoms with Gasteiger partial charge in [-0.2, -0.15) is 0 Å². The van der Waals surface area contributed by atoms with Crippen LogP contribution in [0.5, 0.6) is 0 Å². The summed E-state index contributed by atoms with van der Waals surface area (Å²) in [4.78, 5) is 12.5. The third-order valence-corrected chi connectivity index (χ3v) is 5.30. The molecule has 146 valence electrons. The molecule has 28 heavy (non-hydrogen) atoms. The van der Waals surface area contributed by atoms with Gasteiger partial charge in [0.25, 0.3) is 0 Å². The minimum atomic E-state index is -0.448. The van der Waals surface area contributed by atoms with Crippen LogP contribution in [0.4, 0.5) is 10.1 Å². The molecule has 6 nitrogen and oxygen atoms in total. The molecule has 3 aromatic rings. The lowest BCUT2D eigenvalue weighted by molar-refractivity contribution is -0.115. The van der Waals surface area contributed by atoms with Gasteiger partial charge in [0, 0.05) is 11.3 Å². The van der Waals surface area contributed by atoms with E-state index in [1.165, 1.54) is 34.1 Å². The number of aromatic nitrogens is 3. The van der Waals surface area contributed by atoms with Crippen molar-refractivity contribution in [2.24, 2.45) is 0 Å². The van der Waals surface area contributed by atoms with Crippen molar-refractivity contribution in [3.8, 4) is 11.4 Å². The average molecular weight is 399 g/mol. The van der Waals surface area contributed by atoms with Crippen LogP contribution in [0, 0.1) is 5.82 Å². The molecule has 0 saturated carbocycles. The Morgan fingerprint density at radius 2 is 1.86 bits per heavy atom. The summed E-state index contributed by atoms with van der Waals surface area (Å²) in [5.41, 5.74) is 2.46. The summed E-state index contributed by atoms with van der Waals surface area (Å²) in [7, 11) is 0. The van der Waals surface area contributed by atoms with Gasteiger partial charge < -0.3 is 11.2 Å². The van der Waals surface area contributed by atoms with Gasteiger partial charge in [-0.05, 0) is 42.7 Å². The van der Waals surface area contributed by atoms with Gasteiger partial charge in [0.15, 0.2) is 5.82 Å². The maximum absolute atomic E-state index is 13.4. The highest BCUT2D eigenvalue weighted by molar-refractivity contribution is 8.00. The third kappa shape index (κ3) is 4.51. The van der Waals surface area contributed by atoms with Gasteiger partial charge in [-0.1, -0.05) is 49.9 Å². The van der Waals surface area contributed by atoms with Crippen LogP contribution in [0.3, 0.4) is 0 Å². The number of benzene rings is 2. The number of rotatable bonds is 6. The number of amides is 1. The van der Waals surface area contributed by atoms with Gasteiger partial charge in [-0.3, -0.25) is 4.79 Å². The van der Waals surface area contributed by atoms with E-state index < -0.39 is 5.25 Å². The molecule has 0 aliphatic rings. The van der Waals surface area contributed by atoms with E-state index in [1.54, 1.807) is 19.1 Å². The van der Waals surface area contributed by atoms with Gasteiger partial charge >= 0.3 is 0 Å². The van der Waals surface area contributed by atoms with Crippen molar-refractivity contribution in [3.63, 3.8) is 0 Å². The molecular formula is C20H22FN5OS. The Bertz CT molecular complexity index is 971. The van der Waals surface area contributed by atoms with E-state index in [4.69, 9.17) is 5.84 Å². The summed E-state index contributed by atoms with van der Waals surface area (Å²) < 4.78 is 14.7. The minimum absolute atomic E-state index is 0.169. The highest BCUT2D eigenvalue weighted by atomic mass is 32.2. The number of nitrogens with one attached hydrogen (secondary N) is 1. The molecule has 1 atom stereocenters. The predicted molar refractivity (Wildman–Crippen MR) is 110 cm³/mol. The van der Waals surface area contributed by atoms with Gasteiger partial charge in [-0.15, -0.1) is 10.2 Å². The smallest absolute Gasteiger partial charge is 0.237 e. The zero-order valence-electron chi connectivity index (χ0n) is 15.9. The number of hydrogen-bond acceptors (Lipinski definition) is 5. The van der Waals surface area contributed by atoms with Crippen LogP contribution in [0.1, 0.15) is 32.3 Å². The summed E-state index contributed by atoms with van der Waals surface area (Å²) >= 11 is 1.18. The lowest BCUT2D eigenvalue weighted by atomic mass is 10.0. The molecular weight excluding hydrogens is 377 g/mol. The second-order valence-corrected chi connectivity index (χ2v) is 8.02. The quantitative estimate of drug-likeness (QED) is 0.483. The van der Waals surface area contributed by atoms with Crippen molar-refractivity contribution in [2.75, 3.05) is 11.2 Å². The molecule has 0 aliphatic carbocycles. The lowest BCUT2D eigenvalue weighted by Crippen LogP contribution is -2.23. The Labute approximate surface area is 167 Å². The average Bonchev–Trinajstić information content (AvgIpc) is 3.02. The number of thioether (sulfide) groups is 1. The Morgan fingerprint density at radius 1 is 1.14 bits per heavy atom. The first-order valence-electron chi connectivity index (χ1n) is 8.89. The van der Waals surface area contributed by atoms with Crippen molar-refractivity contribution >= 4 is 23.4 Å². The molecule has 3 rings (SSSR count). The summed E-state index contributed by atoms with van der Waals surface area (Å²) in [6.07, 6.45) is 0. The minimum Gasteiger partial charge on any atom is -0.335 e. The molecule has 0 saturated heterocycles. The van der Waals surface area contributed by atoms with Crippen molar-refractivity contribution in [1.29, 1.82) is 0 Å². The second-order valence-electron chi connectivity index (χ2n) is 6.71. The van der Waals surface area contributed by atoms with Crippen LogP contribution in [-0.4, -0.2) is 26.0 Å². The highest BCUT2D eigenvalue weighted by Crippen LogP contribution is 2.26. The number of nitrogen functional groups attached to an aromatic ring is 1. The predicted octanol–water partition coefficient (Wildman–Crippen LogP) is 4.04. The van der Waals surface area contributed by atoms with E-state index in [0.29, 0.717) is 22.5 Å². The number of halogens is 1. The summed E-state index contributed by atoms with van der Waals surface area (Å²) in [5, 5.41) is 10.9. The number of nitrogens with zero attached hydrogens (tertiary/aromatic N) is 3. The monoisotopic (exact) mass is 399 g/mol. The molecule has 0 bridgehead atoms. The molecule has 8 heteroatoms. The van der Waals surface area contributed by atoms with Crippen LogP contribution in [0.15, 0.2) is 53.7 Å². The van der Waals surface area contributed by atoms with Crippen LogP contribution in [-0.2, 0) is 4.79 Å². The summed E-state index contributed by atoms with van der Waals surface area (Å²) in [5.74, 6) is 6.26. The highest BCUT2D eigenvalue weighted by Gasteiger charge is 2.20. The zero-order valence-corrected chi connectivity index (χ0v) is 16.7. The van der Waals surface area contributed by atoms with Crippen molar-refractivity contribution < 1.29 is 9.18 Å². The first-order valence-corrected chi connectivity index (χ1v) is 9.77. The van der Waals surface area contributed by atoms with Crippen LogP contribution < -0.4 is 11.2 Å². The van der Waals surface area contributed by atoms with Gasteiger partial charge in [0.2, 0.25) is 11.1 Å². The van der Waals surface area contributed by atoms with Crippen LogP contribution in [0.2, 0.25) is 0 Å². The SMILES string of the molecule is CC(C)c1ccc(NC(=O)[C@@H](C)Sc2nnc(-c3cccc(F)c3)n2N)cc1. The Hall–Kier alpha value is -2.87. The second kappa shape index (κ2) is 8.43. The number of anilines is 1. The molecule has 1 heterocycles. The standard InChI is InChI=1S/C20H22FN5OS/c1-12(2)14-7-9-17(10-8-14)23-19(27)13(3)28-20-25-24-18(26(20)22)15-5-4-6-16(21)11-15/h4-13H,22H2,1-3H3,(H,23,27)/t13-/m1/s1. The molecule has 0 spiro atoms. The molecule has 0 aliphatic heterocycles. The van der Waals surface area contributed by atoms with Crippen molar-refractivity contribution in [2.45, 2.75) is 37.1 Å². The first kappa shape index (κ1) is 19.9. The first-order chi connectivity index (χ1) is 13.3. The van der Waals surface area contributed by atoms with E-state index in [0.717, 1.165) is 5.69 Å². The third-order valence-electron chi connectivity index (χ3n) is 4.24. The van der Waals surface area contributed by atoms with E-state index in [-0.39, 0.29) is 11.7 Å². The van der Waals surface area contributed by atoms with Crippen molar-refractivity contribution in [1.82, 2.24) is 14.9 Å². The fourth-order valence-electron chi connectivity index (χ4n) is 2.59. The largest absolute Gasteiger partial charge is 0.335 e. The molecule has 3 N–H and O–H groups in total. The molecule has 0 fully saturated rings. The number of nitrogens with two attached hydrogens (primary N) is 1. The zero-order chi connectivity index (χ0) is 20.3. The van der Waals surface area contributed by atoms with Gasteiger partial charge in [-0.25, -0.2) is 9.07 Å². The van der Waals surface area contributed by atoms with Gasteiger partial charge in [0.05, 0.1) is 5.25 Å². The Morgan fingerprint density at radius 3 is 2.50 bits per heavy atom. The molecule has 0 unspecified atom stereocenters. The Kier molecular flexibility index (Phi) is 5.99. The molecule has 0 radical (unpaired) electrons. The molecule has 1 amide bonds. The maximum atomic E-state index is 13.4. The molecule has 1 aromatic heterocycles. The van der Waals surface area contributed by atoms with E-state index >= 15 is 0 Å². The summed E-state index contributed by atoms with van der Waals surface area (Å²) in [6, 6.07) is 13.7. The fraction of sp³-hybridized carbons (Fsp3) is 0.250. The number of carbonyl (C=O) groups excluding carboxylic acids is 1. The fourth-order valence-corrected chi connectivity index (χ4v) is 3.36. The van der Waals surface area contributed by atoms with Gasteiger partial charge in [0.1, 0.15) is 5.82 Å². The van der Waals surface area contributed by atoms with Crippen molar-refractivity contribution in [3.05, 3.63) is 59.9 Å². The molecule has 2 aromatic carbocycles. The number of carbonyl (C=O) groups is 1. The Balaban J connectivity index is 1.67. The maximum Gasteiger partial charge on any atom is 0.237 e. The normalized spacial score (nSPS) is 12.2. The topological polar surface area (TPSA) is 85.8 Å². The lowest BCUT2D eigenvalue weighted by Gasteiger charge is -2.12. The van der Waals surface area contributed by atoms with E-state index in [2.05, 4.69) is 29.4 Å².